The van der Waals surface area contributed by atoms with Crippen LogP contribution in [0.5, 0.6) is 5.75 Å². The lowest BCUT2D eigenvalue weighted by Crippen LogP contribution is -2.19. The van der Waals surface area contributed by atoms with Gasteiger partial charge in [0, 0.05) is 16.8 Å². The van der Waals surface area contributed by atoms with Crippen molar-refractivity contribution < 1.29 is 39.9 Å². The van der Waals surface area contributed by atoms with E-state index in [1.165, 1.54) is 18.5 Å². The first-order valence-corrected chi connectivity index (χ1v) is 10.4. The van der Waals surface area contributed by atoms with E-state index < -0.39 is 46.6 Å². The second kappa shape index (κ2) is 9.70. The second-order valence-electron chi connectivity index (χ2n) is 7.67. The minimum atomic E-state index is -1.98. The maximum atomic E-state index is 13.1. The van der Waals surface area contributed by atoms with Crippen molar-refractivity contribution in [3.05, 3.63) is 89.4 Å². The molecule has 182 valence electrons. The summed E-state index contributed by atoms with van der Waals surface area (Å²) in [5.74, 6) is -4.99. The van der Waals surface area contributed by atoms with Crippen LogP contribution in [0, 0.1) is 0 Å². The molecule has 7 N–H and O–H groups in total. The fourth-order valence-corrected chi connectivity index (χ4v) is 3.74. The Bertz CT molecular complexity index is 1480. The molecule has 4 aromatic rings. The Morgan fingerprint density at radius 1 is 0.861 bits per heavy atom. The maximum absolute atomic E-state index is 13.1. The molecule has 0 fully saturated rings. The summed E-state index contributed by atoms with van der Waals surface area (Å²) in [4.78, 5) is 43.2. The average Bonchev–Trinajstić information content (AvgIpc) is 3.38. The van der Waals surface area contributed by atoms with Gasteiger partial charge in [0.2, 0.25) is 0 Å². The van der Waals surface area contributed by atoms with Gasteiger partial charge in [0.05, 0.1) is 29.3 Å². The highest BCUT2D eigenvalue weighted by Crippen LogP contribution is 2.35. The van der Waals surface area contributed by atoms with Crippen molar-refractivity contribution in [3.63, 3.8) is 0 Å². The average molecular weight is 489 g/mol. The Balaban J connectivity index is 1.80. The van der Waals surface area contributed by atoms with Crippen LogP contribution < -0.4 is 5.32 Å². The molecule has 0 radical (unpaired) electrons. The van der Waals surface area contributed by atoms with Crippen LogP contribution in [-0.2, 0) is 0 Å². The number of carboxylic acid groups (broad SMARTS) is 2. The topological polar surface area (TPSA) is 193 Å². The van der Waals surface area contributed by atoms with Gasteiger partial charge in [-0.25, -0.2) is 14.6 Å². The monoisotopic (exact) mass is 489 g/mol. The van der Waals surface area contributed by atoms with Crippen molar-refractivity contribution in [1.29, 1.82) is 0 Å². The smallest absolute Gasteiger partial charge is 0.339 e. The van der Waals surface area contributed by atoms with E-state index in [0.29, 0.717) is 11.6 Å². The highest BCUT2D eigenvalue weighted by atomic mass is 16.5. The van der Waals surface area contributed by atoms with Crippen molar-refractivity contribution in [1.82, 2.24) is 9.97 Å². The molecule has 1 amide bonds. The Hall–Kier alpha value is -5.00. The number of nitrogens with zero attached hydrogens (tertiary/aromatic N) is 1. The summed E-state index contributed by atoms with van der Waals surface area (Å²) in [6, 6.07) is 13.2. The van der Waals surface area contributed by atoms with Gasteiger partial charge in [-0.05, 0) is 29.3 Å². The molecule has 0 saturated heterocycles. The largest absolute Gasteiger partial charge is 0.507 e. The Kier molecular flexibility index (Phi) is 6.50. The summed E-state index contributed by atoms with van der Waals surface area (Å²) < 4.78 is 0. The number of hydrogen-bond acceptors (Lipinski definition) is 7. The summed E-state index contributed by atoms with van der Waals surface area (Å²) in [5.41, 5.74) is 0.821. The highest BCUT2D eigenvalue weighted by Gasteiger charge is 2.24. The number of imidazole rings is 1. The molecule has 0 saturated carbocycles. The molecule has 0 aliphatic carbocycles. The number of aliphatic hydroxyl groups is 2. The van der Waals surface area contributed by atoms with Crippen LogP contribution in [0.15, 0.2) is 67.1 Å². The number of amides is 1. The molecule has 1 aromatic heterocycles. The minimum Gasteiger partial charge on any atom is -0.507 e. The number of carbonyl (C=O) groups excluding carboxylic acids is 1. The van der Waals surface area contributed by atoms with Gasteiger partial charge in [-0.2, -0.15) is 0 Å². The number of carbonyl (C=O) groups is 3. The molecule has 4 rings (SSSR count). The van der Waals surface area contributed by atoms with E-state index in [2.05, 4.69) is 15.3 Å². The first-order chi connectivity index (χ1) is 17.2. The predicted molar refractivity (Wildman–Crippen MR) is 127 cm³/mol. The molecule has 0 bridgehead atoms. The molecule has 0 unspecified atom stereocenters. The van der Waals surface area contributed by atoms with Gasteiger partial charge in [0.1, 0.15) is 11.3 Å². The number of benzene rings is 3. The number of aromatic hydroxyl groups is 1. The molecular weight excluding hydrogens is 470 g/mol. The number of phenols is 1. The third kappa shape index (κ3) is 4.64. The van der Waals surface area contributed by atoms with Crippen molar-refractivity contribution in [3.8, 4) is 28.1 Å². The summed E-state index contributed by atoms with van der Waals surface area (Å²) in [7, 11) is 0. The molecule has 0 aliphatic rings. The maximum Gasteiger partial charge on any atom is 0.339 e. The molecule has 36 heavy (non-hydrogen) atoms. The van der Waals surface area contributed by atoms with Crippen LogP contribution in [0.1, 0.15) is 42.9 Å². The summed E-state index contributed by atoms with van der Waals surface area (Å²) >= 11 is 0. The van der Waals surface area contributed by atoms with Gasteiger partial charge >= 0.3 is 11.9 Å². The number of anilines is 1. The standard InChI is InChI=1S/C25H19N3O8/c29-21-9-17(24(33)34)16(8-18(21)25(35)36)22(30)28-19-7-12(5-6-15(19)23(31)32)13-3-1-2-4-14(13)20-10-26-11-27-20/h1-11,23,29,31-32H,(H,26,27)(H,28,30)(H,33,34)(H,35,36). The van der Waals surface area contributed by atoms with Crippen LogP contribution in [0.2, 0.25) is 0 Å². The van der Waals surface area contributed by atoms with Gasteiger partial charge in [-0.3, -0.25) is 4.79 Å². The zero-order valence-corrected chi connectivity index (χ0v) is 18.3. The minimum absolute atomic E-state index is 0.0480. The van der Waals surface area contributed by atoms with Crippen LogP contribution in [0.25, 0.3) is 22.4 Å². The normalized spacial score (nSPS) is 10.9. The van der Waals surface area contributed by atoms with E-state index in [0.717, 1.165) is 22.9 Å². The molecule has 0 spiro atoms. The first kappa shape index (κ1) is 24.1. The van der Waals surface area contributed by atoms with Crippen molar-refractivity contribution in [2.24, 2.45) is 0 Å². The van der Waals surface area contributed by atoms with E-state index in [1.807, 2.05) is 18.2 Å². The van der Waals surface area contributed by atoms with Crippen molar-refractivity contribution in [2.75, 3.05) is 5.32 Å². The van der Waals surface area contributed by atoms with Crippen molar-refractivity contribution >= 4 is 23.5 Å². The molecule has 0 atom stereocenters. The van der Waals surface area contributed by atoms with E-state index in [4.69, 9.17) is 0 Å². The molecule has 3 aromatic carbocycles. The molecule has 1 heterocycles. The summed E-state index contributed by atoms with van der Waals surface area (Å²) in [5, 5.41) is 50.7. The zero-order valence-electron chi connectivity index (χ0n) is 18.3. The molecule has 0 aliphatic heterocycles. The first-order valence-electron chi connectivity index (χ1n) is 10.4. The zero-order chi connectivity index (χ0) is 26.0. The second-order valence-corrected chi connectivity index (χ2v) is 7.67. The highest BCUT2D eigenvalue weighted by molar-refractivity contribution is 6.12. The number of aliphatic hydroxyl groups excluding tert-OH is 1. The predicted octanol–water partition coefficient (Wildman–Crippen LogP) is 3.08. The van der Waals surface area contributed by atoms with Crippen LogP contribution >= 0.6 is 0 Å². The number of H-pyrrole nitrogens is 1. The van der Waals surface area contributed by atoms with Crippen molar-refractivity contribution in [2.45, 2.75) is 6.29 Å². The van der Waals surface area contributed by atoms with E-state index in [1.54, 1.807) is 18.3 Å². The lowest BCUT2D eigenvalue weighted by Gasteiger charge is -2.17. The Labute approximate surface area is 202 Å². The van der Waals surface area contributed by atoms with Gasteiger partial charge in [-0.1, -0.05) is 36.4 Å². The number of aromatic nitrogens is 2. The number of nitrogens with one attached hydrogen (secondary N) is 2. The molecular formula is C25H19N3O8. The lowest BCUT2D eigenvalue weighted by atomic mass is 9.96. The number of rotatable bonds is 7. The number of aromatic carboxylic acids is 2. The quantitative estimate of drug-likeness (QED) is 0.191. The number of carboxylic acids is 2. The van der Waals surface area contributed by atoms with Crippen LogP contribution in [-0.4, -0.2) is 53.3 Å². The van der Waals surface area contributed by atoms with E-state index in [-0.39, 0.29) is 11.3 Å². The van der Waals surface area contributed by atoms with Gasteiger partial charge in [0.15, 0.2) is 6.29 Å². The van der Waals surface area contributed by atoms with Crippen LogP contribution in [0.4, 0.5) is 5.69 Å². The lowest BCUT2D eigenvalue weighted by molar-refractivity contribution is -0.0418. The third-order valence-corrected chi connectivity index (χ3v) is 5.45. The van der Waals surface area contributed by atoms with E-state index in [9.17, 15) is 39.9 Å². The van der Waals surface area contributed by atoms with Gasteiger partial charge < -0.3 is 35.8 Å². The molecule has 11 heteroatoms. The van der Waals surface area contributed by atoms with Gasteiger partial charge in [0.25, 0.3) is 5.91 Å². The van der Waals surface area contributed by atoms with Crippen LogP contribution in [0.3, 0.4) is 0 Å². The van der Waals surface area contributed by atoms with E-state index >= 15 is 0 Å². The number of hydrogen-bond donors (Lipinski definition) is 7. The molecule has 11 nitrogen and oxygen atoms in total. The SMILES string of the molecule is O=C(O)c1cc(C(=O)Nc2cc(-c3ccccc3-c3cnc[nH]3)ccc2C(O)O)c(C(=O)O)cc1O. The number of aromatic amines is 1. The third-order valence-electron chi connectivity index (χ3n) is 5.45. The Morgan fingerprint density at radius 2 is 1.56 bits per heavy atom. The fraction of sp³-hybridized carbons (Fsp3) is 0.0400. The fourth-order valence-electron chi connectivity index (χ4n) is 3.74. The summed E-state index contributed by atoms with van der Waals surface area (Å²) in [6.45, 7) is 0. The van der Waals surface area contributed by atoms with Gasteiger partial charge in [-0.15, -0.1) is 0 Å². The Morgan fingerprint density at radius 3 is 2.17 bits per heavy atom. The summed E-state index contributed by atoms with van der Waals surface area (Å²) in [6.07, 6.45) is 1.17.